The van der Waals surface area contributed by atoms with Gasteiger partial charge < -0.3 is 15.7 Å². The molecule has 2 aromatic carbocycles. The smallest absolute Gasteiger partial charge is 0.251 e. The molecule has 0 bridgehead atoms. The first kappa shape index (κ1) is 16.8. The largest absolute Gasteiger partial charge is 0.508 e. The molecule has 0 aliphatic heterocycles. The first-order chi connectivity index (χ1) is 10.9. The molecule has 0 aliphatic carbocycles. The van der Waals surface area contributed by atoms with Crippen LogP contribution in [0.25, 0.3) is 0 Å². The van der Waals surface area contributed by atoms with Gasteiger partial charge >= 0.3 is 0 Å². The van der Waals surface area contributed by atoms with Crippen LogP contribution in [0.4, 0.5) is 10.1 Å². The number of nitrogens with one attached hydrogen (secondary N) is 2. The predicted octanol–water partition coefficient (Wildman–Crippen LogP) is 2.94. The van der Waals surface area contributed by atoms with Gasteiger partial charge in [0.2, 0.25) is 5.91 Å². The van der Waals surface area contributed by atoms with Crippen LogP contribution in [0.2, 0.25) is 5.02 Å². The molecule has 0 heterocycles. The van der Waals surface area contributed by atoms with Gasteiger partial charge in [-0.2, -0.15) is 0 Å². The number of carbonyl (C=O) groups is 2. The SMILES string of the molecule is CC(NC(=O)c1ccc(Cl)cc1)C(=O)Nc1ccc(O)cc1F. The summed E-state index contributed by atoms with van der Waals surface area (Å²) < 4.78 is 13.6. The summed E-state index contributed by atoms with van der Waals surface area (Å²) >= 11 is 5.74. The van der Waals surface area contributed by atoms with Crippen molar-refractivity contribution >= 4 is 29.1 Å². The molecule has 2 aromatic rings. The monoisotopic (exact) mass is 336 g/mol. The maximum atomic E-state index is 13.6. The highest BCUT2D eigenvalue weighted by molar-refractivity contribution is 6.30. The Balaban J connectivity index is 1.99. The van der Waals surface area contributed by atoms with Crippen molar-refractivity contribution in [1.82, 2.24) is 5.32 Å². The molecule has 23 heavy (non-hydrogen) atoms. The Morgan fingerprint density at radius 3 is 2.43 bits per heavy atom. The number of anilines is 1. The summed E-state index contributed by atoms with van der Waals surface area (Å²) in [5.74, 6) is -2.05. The lowest BCUT2D eigenvalue weighted by Crippen LogP contribution is -2.41. The van der Waals surface area contributed by atoms with E-state index < -0.39 is 23.7 Å². The number of phenols is 1. The van der Waals surface area contributed by atoms with Crippen LogP contribution in [-0.2, 0) is 4.79 Å². The molecule has 5 nitrogen and oxygen atoms in total. The Morgan fingerprint density at radius 1 is 1.17 bits per heavy atom. The molecule has 3 N–H and O–H groups in total. The third-order valence-corrected chi connectivity index (χ3v) is 3.31. The van der Waals surface area contributed by atoms with Gasteiger partial charge in [0.25, 0.3) is 5.91 Å². The quantitative estimate of drug-likeness (QED) is 0.751. The van der Waals surface area contributed by atoms with Gasteiger partial charge in [0.05, 0.1) is 5.69 Å². The maximum Gasteiger partial charge on any atom is 0.251 e. The third kappa shape index (κ3) is 4.43. The molecule has 0 fully saturated rings. The van der Waals surface area contributed by atoms with E-state index in [1.807, 2.05) is 0 Å². The van der Waals surface area contributed by atoms with Crippen molar-refractivity contribution in [2.24, 2.45) is 0 Å². The molecular formula is C16H14ClFN2O3. The fourth-order valence-corrected chi connectivity index (χ4v) is 1.92. The Hall–Kier alpha value is -2.60. The molecule has 2 rings (SSSR count). The fourth-order valence-electron chi connectivity index (χ4n) is 1.79. The standard InChI is InChI=1S/C16H14ClFN2O3/c1-9(19-16(23)10-2-4-11(17)5-3-10)15(22)20-14-7-6-12(21)8-13(14)18/h2-9,21H,1H3,(H,19,23)(H,20,22). The van der Waals surface area contributed by atoms with Crippen molar-refractivity contribution in [1.29, 1.82) is 0 Å². The number of hydrogen-bond donors (Lipinski definition) is 3. The van der Waals surface area contributed by atoms with E-state index in [-0.39, 0.29) is 11.4 Å². The van der Waals surface area contributed by atoms with Crippen LogP contribution in [0.1, 0.15) is 17.3 Å². The van der Waals surface area contributed by atoms with E-state index in [1.165, 1.54) is 31.2 Å². The van der Waals surface area contributed by atoms with Gasteiger partial charge in [-0.3, -0.25) is 9.59 Å². The minimum absolute atomic E-state index is 0.0830. The van der Waals surface area contributed by atoms with Crippen LogP contribution in [-0.4, -0.2) is 23.0 Å². The highest BCUT2D eigenvalue weighted by atomic mass is 35.5. The van der Waals surface area contributed by atoms with Crippen molar-refractivity contribution < 1.29 is 19.1 Å². The number of amides is 2. The van der Waals surface area contributed by atoms with E-state index in [0.29, 0.717) is 10.6 Å². The molecule has 0 aliphatic rings. The average molecular weight is 337 g/mol. The lowest BCUT2D eigenvalue weighted by atomic mass is 10.2. The maximum absolute atomic E-state index is 13.6. The number of benzene rings is 2. The number of aromatic hydroxyl groups is 1. The molecule has 0 saturated heterocycles. The minimum Gasteiger partial charge on any atom is -0.508 e. The summed E-state index contributed by atoms with van der Waals surface area (Å²) in [6.45, 7) is 1.47. The average Bonchev–Trinajstić information content (AvgIpc) is 2.50. The van der Waals surface area contributed by atoms with Gasteiger partial charge in [-0.25, -0.2) is 4.39 Å². The lowest BCUT2D eigenvalue weighted by Gasteiger charge is -2.14. The molecule has 0 aromatic heterocycles. The van der Waals surface area contributed by atoms with Crippen LogP contribution < -0.4 is 10.6 Å². The molecule has 0 saturated carbocycles. The van der Waals surface area contributed by atoms with E-state index in [1.54, 1.807) is 12.1 Å². The van der Waals surface area contributed by atoms with Gasteiger partial charge in [-0.05, 0) is 43.3 Å². The Labute approximate surface area is 137 Å². The number of carbonyl (C=O) groups excluding carboxylic acids is 2. The van der Waals surface area contributed by atoms with Crippen molar-refractivity contribution in [2.75, 3.05) is 5.32 Å². The molecule has 7 heteroatoms. The third-order valence-electron chi connectivity index (χ3n) is 3.06. The van der Waals surface area contributed by atoms with Crippen LogP contribution in [0.15, 0.2) is 42.5 Å². The molecule has 0 radical (unpaired) electrons. The van der Waals surface area contributed by atoms with E-state index in [9.17, 15) is 14.0 Å². The zero-order valence-corrected chi connectivity index (χ0v) is 12.9. The second kappa shape index (κ2) is 7.11. The van der Waals surface area contributed by atoms with E-state index in [0.717, 1.165) is 6.07 Å². The number of phenolic OH excluding ortho intramolecular Hbond substituents is 1. The van der Waals surface area contributed by atoms with Gasteiger partial charge in [0.15, 0.2) is 0 Å². The first-order valence-electron chi connectivity index (χ1n) is 6.72. The number of hydrogen-bond acceptors (Lipinski definition) is 3. The zero-order valence-electron chi connectivity index (χ0n) is 12.1. The Bertz CT molecular complexity index is 735. The van der Waals surface area contributed by atoms with Gasteiger partial charge in [0.1, 0.15) is 17.6 Å². The molecule has 0 spiro atoms. The number of rotatable bonds is 4. The van der Waals surface area contributed by atoms with Gasteiger partial charge in [-0.15, -0.1) is 0 Å². The van der Waals surface area contributed by atoms with Crippen LogP contribution >= 0.6 is 11.6 Å². The van der Waals surface area contributed by atoms with Crippen molar-refractivity contribution in [3.63, 3.8) is 0 Å². The lowest BCUT2D eigenvalue weighted by molar-refractivity contribution is -0.117. The molecule has 2 amide bonds. The molecule has 1 unspecified atom stereocenters. The molecule has 120 valence electrons. The summed E-state index contributed by atoms with van der Waals surface area (Å²) in [4.78, 5) is 24.0. The number of halogens is 2. The van der Waals surface area contributed by atoms with Crippen LogP contribution in [0.5, 0.6) is 5.75 Å². The second-order valence-electron chi connectivity index (χ2n) is 4.86. The minimum atomic E-state index is -0.883. The van der Waals surface area contributed by atoms with E-state index in [4.69, 9.17) is 16.7 Å². The van der Waals surface area contributed by atoms with E-state index in [2.05, 4.69) is 10.6 Å². The second-order valence-corrected chi connectivity index (χ2v) is 5.29. The predicted molar refractivity (Wildman–Crippen MR) is 85.1 cm³/mol. The van der Waals surface area contributed by atoms with Crippen LogP contribution in [0.3, 0.4) is 0 Å². The van der Waals surface area contributed by atoms with E-state index >= 15 is 0 Å². The molecular weight excluding hydrogens is 323 g/mol. The fraction of sp³-hybridized carbons (Fsp3) is 0.125. The highest BCUT2D eigenvalue weighted by Crippen LogP contribution is 2.19. The van der Waals surface area contributed by atoms with Gasteiger partial charge in [0, 0.05) is 16.7 Å². The summed E-state index contributed by atoms with van der Waals surface area (Å²) in [5, 5.41) is 14.5. The summed E-state index contributed by atoms with van der Waals surface area (Å²) in [7, 11) is 0. The highest BCUT2D eigenvalue weighted by Gasteiger charge is 2.18. The Morgan fingerprint density at radius 2 is 1.83 bits per heavy atom. The van der Waals surface area contributed by atoms with Crippen molar-refractivity contribution in [2.45, 2.75) is 13.0 Å². The molecule has 1 atom stereocenters. The first-order valence-corrected chi connectivity index (χ1v) is 7.10. The van der Waals surface area contributed by atoms with Gasteiger partial charge in [-0.1, -0.05) is 11.6 Å². The zero-order chi connectivity index (χ0) is 17.0. The summed E-state index contributed by atoms with van der Waals surface area (Å²) in [6, 6.07) is 8.66. The Kier molecular flexibility index (Phi) is 5.18. The summed E-state index contributed by atoms with van der Waals surface area (Å²) in [5.41, 5.74) is 0.269. The van der Waals surface area contributed by atoms with Crippen molar-refractivity contribution in [3.8, 4) is 5.75 Å². The van der Waals surface area contributed by atoms with Crippen LogP contribution in [0, 0.1) is 5.82 Å². The topological polar surface area (TPSA) is 78.4 Å². The summed E-state index contributed by atoms with van der Waals surface area (Å²) in [6.07, 6.45) is 0. The van der Waals surface area contributed by atoms with Crippen molar-refractivity contribution in [3.05, 3.63) is 58.9 Å². The normalized spacial score (nSPS) is 11.6.